The summed E-state index contributed by atoms with van der Waals surface area (Å²) in [5.74, 6) is 5.36. The molecule has 0 bridgehead atoms. The molecule has 0 fully saturated rings. The number of aromatic nitrogens is 2. The van der Waals surface area contributed by atoms with E-state index in [2.05, 4.69) is 10.5 Å². The Bertz CT molecular complexity index is 766. The van der Waals surface area contributed by atoms with Crippen molar-refractivity contribution in [1.82, 2.24) is 15.2 Å². The van der Waals surface area contributed by atoms with Gasteiger partial charge < -0.3 is 0 Å². The van der Waals surface area contributed by atoms with Crippen LogP contribution >= 0.6 is 0 Å². The molecular formula is C16H17FN4. The average Bonchev–Trinajstić information content (AvgIpc) is 2.82. The summed E-state index contributed by atoms with van der Waals surface area (Å²) in [5.41, 5.74) is 5.20. The second kappa shape index (κ2) is 5.63. The smallest absolute Gasteiger partial charge is 0.128 e. The molecule has 3 rings (SSSR count). The fourth-order valence-corrected chi connectivity index (χ4v) is 2.65. The van der Waals surface area contributed by atoms with Crippen LogP contribution in [-0.2, 0) is 13.5 Å². The Hall–Kier alpha value is -2.24. The van der Waals surface area contributed by atoms with E-state index >= 15 is 0 Å². The number of nitrogens with zero attached hydrogens (tertiary/aromatic N) is 2. The van der Waals surface area contributed by atoms with Crippen LogP contribution in [0.25, 0.3) is 10.9 Å². The first-order valence-corrected chi connectivity index (χ1v) is 6.82. The van der Waals surface area contributed by atoms with E-state index in [9.17, 15) is 4.39 Å². The molecule has 4 nitrogen and oxygen atoms in total. The molecule has 1 atom stereocenters. The summed E-state index contributed by atoms with van der Waals surface area (Å²) in [6.45, 7) is 0. The Morgan fingerprint density at radius 1 is 1.19 bits per heavy atom. The van der Waals surface area contributed by atoms with Gasteiger partial charge in [-0.3, -0.25) is 16.0 Å². The molecule has 0 aliphatic carbocycles. The minimum atomic E-state index is -0.315. The van der Waals surface area contributed by atoms with Gasteiger partial charge in [0.2, 0.25) is 0 Å². The molecule has 2 aromatic carbocycles. The second-order valence-corrected chi connectivity index (χ2v) is 5.03. The summed E-state index contributed by atoms with van der Waals surface area (Å²) in [6.07, 6.45) is 0.527. The predicted octanol–water partition coefficient (Wildman–Crippen LogP) is 2.46. The van der Waals surface area contributed by atoms with Gasteiger partial charge >= 0.3 is 0 Å². The third-order valence-corrected chi connectivity index (χ3v) is 3.71. The molecule has 5 heteroatoms. The van der Waals surface area contributed by atoms with Crippen molar-refractivity contribution in [2.45, 2.75) is 12.5 Å². The fraction of sp³-hybridized carbons (Fsp3) is 0.188. The van der Waals surface area contributed by atoms with Crippen molar-refractivity contribution in [1.29, 1.82) is 0 Å². The number of nitrogens with one attached hydrogen (secondary N) is 1. The molecule has 0 spiro atoms. The quantitative estimate of drug-likeness (QED) is 0.571. The molecule has 0 radical (unpaired) electrons. The molecule has 0 saturated carbocycles. The summed E-state index contributed by atoms with van der Waals surface area (Å²) in [5, 5.41) is 5.60. The number of hydrazine groups is 1. The fourth-order valence-electron chi connectivity index (χ4n) is 2.65. The number of fused-ring (bicyclic) bond motifs is 1. The third kappa shape index (κ3) is 2.53. The van der Waals surface area contributed by atoms with Gasteiger partial charge in [0.05, 0.1) is 17.3 Å². The Morgan fingerprint density at radius 3 is 2.67 bits per heavy atom. The molecule has 0 amide bonds. The third-order valence-electron chi connectivity index (χ3n) is 3.71. The SMILES string of the molecule is Cn1nc(CC(NN)c2ccccc2F)c2ccccc21. The van der Waals surface area contributed by atoms with Gasteiger partial charge in [0, 0.05) is 24.4 Å². The van der Waals surface area contributed by atoms with Crippen LogP contribution in [0.15, 0.2) is 48.5 Å². The molecule has 21 heavy (non-hydrogen) atoms. The zero-order valence-corrected chi connectivity index (χ0v) is 11.8. The molecule has 1 aromatic heterocycles. The zero-order chi connectivity index (χ0) is 14.8. The summed E-state index contributed by atoms with van der Waals surface area (Å²) < 4.78 is 15.8. The zero-order valence-electron chi connectivity index (χ0n) is 11.8. The van der Waals surface area contributed by atoms with E-state index in [-0.39, 0.29) is 11.9 Å². The summed E-state index contributed by atoms with van der Waals surface area (Å²) in [7, 11) is 1.90. The molecule has 0 saturated heterocycles. The number of nitrogens with two attached hydrogens (primary N) is 1. The van der Waals surface area contributed by atoms with E-state index in [0.717, 1.165) is 16.6 Å². The van der Waals surface area contributed by atoms with Gasteiger partial charge in [-0.2, -0.15) is 5.10 Å². The van der Waals surface area contributed by atoms with E-state index in [1.165, 1.54) is 6.07 Å². The molecule has 0 aliphatic rings. The van der Waals surface area contributed by atoms with E-state index in [1.807, 2.05) is 36.0 Å². The number of hydrogen-bond donors (Lipinski definition) is 2. The van der Waals surface area contributed by atoms with Crippen LogP contribution in [0.2, 0.25) is 0 Å². The van der Waals surface area contributed by atoms with Crippen LogP contribution in [0, 0.1) is 5.82 Å². The van der Waals surface area contributed by atoms with Gasteiger partial charge in [-0.05, 0) is 12.1 Å². The summed E-state index contributed by atoms with van der Waals surface area (Å²) >= 11 is 0. The van der Waals surface area contributed by atoms with E-state index in [1.54, 1.807) is 18.2 Å². The van der Waals surface area contributed by atoms with Crippen molar-refractivity contribution in [3.05, 3.63) is 65.6 Å². The highest BCUT2D eigenvalue weighted by Crippen LogP contribution is 2.24. The van der Waals surface area contributed by atoms with Gasteiger partial charge in [0.25, 0.3) is 0 Å². The van der Waals surface area contributed by atoms with Crippen molar-refractivity contribution in [3.63, 3.8) is 0 Å². The van der Waals surface area contributed by atoms with Crippen molar-refractivity contribution in [2.24, 2.45) is 12.9 Å². The van der Waals surface area contributed by atoms with Crippen LogP contribution in [0.5, 0.6) is 0 Å². The van der Waals surface area contributed by atoms with Crippen LogP contribution < -0.4 is 11.3 Å². The summed E-state index contributed by atoms with van der Waals surface area (Å²) in [4.78, 5) is 0. The first kappa shape index (κ1) is 13.7. The molecule has 3 N–H and O–H groups in total. The van der Waals surface area contributed by atoms with E-state index < -0.39 is 0 Å². The monoisotopic (exact) mass is 284 g/mol. The van der Waals surface area contributed by atoms with Gasteiger partial charge in [-0.15, -0.1) is 0 Å². The first-order chi connectivity index (χ1) is 10.2. The van der Waals surface area contributed by atoms with Gasteiger partial charge in [-0.1, -0.05) is 36.4 Å². The first-order valence-electron chi connectivity index (χ1n) is 6.82. The van der Waals surface area contributed by atoms with Crippen LogP contribution in [0.3, 0.4) is 0 Å². The standard InChI is InChI=1S/C16H17FN4/c1-21-16-9-5-3-7-12(16)15(20-21)10-14(19-18)11-6-2-4-8-13(11)17/h2-9,14,19H,10,18H2,1H3. The highest BCUT2D eigenvalue weighted by molar-refractivity contribution is 5.81. The number of hydrogen-bond acceptors (Lipinski definition) is 3. The number of aryl methyl sites for hydroxylation is 1. The Kier molecular flexibility index (Phi) is 3.68. The van der Waals surface area contributed by atoms with Gasteiger partial charge in [0.15, 0.2) is 0 Å². The predicted molar refractivity (Wildman–Crippen MR) is 80.9 cm³/mol. The van der Waals surface area contributed by atoms with Gasteiger partial charge in [0.1, 0.15) is 5.82 Å². The highest BCUT2D eigenvalue weighted by Gasteiger charge is 2.18. The largest absolute Gasteiger partial charge is 0.271 e. The lowest BCUT2D eigenvalue weighted by atomic mass is 10.0. The van der Waals surface area contributed by atoms with E-state index in [4.69, 9.17) is 5.84 Å². The lowest BCUT2D eigenvalue weighted by Crippen LogP contribution is -2.30. The molecule has 108 valence electrons. The minimum Gasteiger partial charge on any atom is -0.271 e. The lowest BCUT2D eigenvalue weighted by molar-refractivity contribution is 0.505. The molecule has 0 aliphatic heterocycles. The average molecular weight is 284 g/mol. The Balaban J connectivity index is 1.99. The summed E-state index contributed by atoms with van der Waals surface area (Å²) in [6, 6.07) is 14.3. The van der Waals surface area contributed by atoms with Gasteiger partial charge in [-0.25, -0.2) is 4.39 Å². The molecular weight excluding hydrogens is 267 g/mol. The van der Waals surface area contributed by atoms with Crippen molar-refractivity contribution in [3.8, 4) is 0 Å². The van der Waals surface area contributed by atoms with E-state index in [0.29, 0.717) is 12.0 Å². The number of halogens is 1. The number of para-hydroxylation sites is 1. The Morgan fingerprint density at radius 2 is 1.90 bits per heavy atom. The number of rotatable bonds is 4. The Labute approximate surface area is 122 Å². The van der Waals surface area contributed by atoms with Crippen molar-refractivity contribution >= 4 is 10.9 Å². The minimum absolute atomic E-state index is 0.263. The number of benzene rings is 2. The van der Waals surface area contributed by atoms with Crippen LogP contribution in [0.4, 0.5) is 4.39 Å². The maximum absolute atomic E-state index is 13.9. The molecule has 3 aromatic rings. The second-order valence-electron chi connectivity index (χ2n) is 5.03. The molecule has 1 unspecified atom stereocenters. The maximum atomic E-state index is 13.9. The maximum Gasteiger partial charge on any atom is 0.128 e. The van der Waals surface area contributed by atoms with Crippen LogP contribution in [0.1, 0.15) is 17.3 Å². The van der Waals surface area contributed by atoms with Crippen LogP contribution in [-0.4, -0.2) is 9.78 Å². The lowest BCUT2D eigenvalue weighted by Gasteiger charge is -2.16. The molecule has 1 heterocycles. The topological polar surface area (TPSA) is 55.9 Å². The normalized spacial score (nSPS) is 12.7. The van der Waals surface area contributed by atoms with Crippen molar-refractivity contribution < 1.29 is 4.39 Å². The highest BCUT2D eigenvalue weighted by atomic mass is 19.1. The van der Waals surface area contributed by atoms with Crippen molar-refractivity contribution in [2.75, 3.05) is 0 Å².